The minimum atomic E-state index is -1.01. The van der Waals surface area contributed by atoms with Crippen LogP contribution in [-0.2, 0) is 14.4 Å². The lowest BCUT2D eigenvalue weighted by atomic mass is 10.1. The van der Waals surface area contributed by atoms with Crippen molar-refractivity contribution >= 4 is 17.8 Å². The van der Waals surface area contributed by atoms with E-state index in [9.17, 15) is 14.4 Å². The predicted octanol–water partition coefficient (Wildman–Crippen LogP) is 1.89. The van der Waals surface area contributed by atoms with Crippen molar-refractivity contribution in [3.8, 4) is 0 Å². The van der Waals surface area contributed by atoms with Crippen LogP contribution in [0.1, 0.15) is 70.6 Å². The number of carboxylic acids is 2. The van der Waals surface area contributed by atoms with Gasteiger partial charge in [0.05, 0.1) is 0 Å². The summed E-state index contributed by atoms with van der Waals surface area (Å²) in [6.07, 6.45) is 7.51. The third-order valence-corrected chi connectivity index (χ3v) is 3.62. The van der Waals surface area contributed by atoms with Gasteiger partial charge in [-0.2, -0.15) is 0 Å². The minimum Gasteiger partial charge on any atom is -0.481 e. The quantitative estimate of drug-likeness (QED) is 0.339. The van der Waals surface area contributed by atoms with Crippen LogP contribution in [-0.4, -0.2) is 40.6 Å². The molecule has 7 heteroatoms. The molecule has 0 aliphatic carbocycles. The van der Waals surface area contributed by atoms with Crippen molar-refractivity contribution in [1.82, 2.24) is 5.32 Å². The molecular formula is C16H30N2O5. The van der Waals surface area contributed by atoms with E-state index in [1.54, 1.807) is 0 Å². The maximum atomic E-state index is 11.7. The second-order valence-electron chi connectivity index (χ2n) is 5.76. The molecule has 7 nitrogen and oxygen atoms in total. The highest BCUT2D eigenvalue weighted by atomic mass is 16.4. The van der Waals surface area contributed by atoms with Crippen LogP contribution in [0, 0.1) is 0 Å². The molecule has 0 radical (unpaired) electrons. The Morgan fingerprint density at radius 1 is 0.826 bits per heavy atom. The predicted molar refractivity (Wildman–Crippen MR) is 87.0 cm³/mol. The number of hydrogen-bond acceptors (Lipinski definition) is 4. The van der Waals surface area contributed by atoms with Gasteiger partial charge in [-0.3, -0.25) is 9.59 Å². The van der Waals surface area contributed by atoms with Gasteiger partial charge in [-0.15, -0.1) is 0 Å². The van der Waals surface area contributed by atoms with Crippen molar-refractivity contribution in [2.24, 2.45) is 5.73 Å². The number of nitrogens with one attached hydrogen (secondary N) is 1. The van der Waals surface area contributed by atoms with Crippen molar-refractivity contribution < 1.29 is 24.6 Å². The van der Waals surface area contributed by atoms with Crippen molar-refractivity contribution in [2.45, 2.75) is 76.7 Å². The first-order valence-corrected chi connectivity index (χ1v) is 8.41. The Bertz CT molecular complexity index is 360. The van der Waals surface area contributed by atoms with Crippen molar-refractivity contribution in [3.05, 3.63) is 0 Å². The number of aliphatic carboxylic acids is 2. The summed E-state index contributed by atoms with van der Waals surface area (Å²) in [6.45, 7) is 0.521. The molecule has 1 atom stereocenters. The Labute approximate surface area is 137 Å². The maximum absolute atomic E-state index is 11.7. The molecule has 0 fully saturated rings. The summed E-state index contributed by atoms with van der Waals surface area (Å²) >= 11 is 0. The highest BCUT2D eigenvalue weighted by Gasteiger charge is 2.18. The van der Waals surface area contributed by atoms with Crippen LogP contribution in [0.4, 0.5) is 0 Å². The summed E-state index contributed by atoms with van der Waals surface area (Å²) in [7, 11) is 0. The Hall–Kier alpha value is -1.63. The number of amides is 1. The zero-order valence-corrected chi connectivity index (χ0v) is 13.8. The number of hydrogen-bond donors (Lipinski definition) is 4. The molecule has 0 spiro atoms. The van der Waals surface area contributed by atoms with E-state index in [0.29, 0.717) is 32.2 Å². The van der Waals surface area contributed by atoms with E-state index in [1.165, 1.54) is 0 Å². The fourth-order valence-electron chi connectivity index (χ4n) is 2.29. The molecule has 0 aliphatic heterocycles. The van der Waals surface area contributed by atoms with Gasteiger partial charge in [0.25, 0.3) is 0 Å². The van der Waals surface area contributed by atoms with E-state index in [2.05, 4.69) is 5.32 Å². The van der Waals surface area contributed by atoms with E-state index in [4.69, 9.17) is 15.9 Å². The van der Waals surface area contributed by atoms with Gasteiger partial charge in [0.2, 0.25) is 5.91 Å². The Balaban J connectivity index is 3.67. The van der Waals surface area contributed by atoms with Gasteiger partial charge in [0.15, 0.2) is 0 Å². The molecule has 0 saturated carbocycles. The summed E-state index contributed by atoms with van der Waals surface area (Å²) < 4.78 is 0. The molecule has 0 aromatic carbocycles. The van der Waals surface area contributed by atoms with Crippen LogP contribution >= 0.6 is 0 Å². The maximum Gasteiger partial charge on any atom is 0.326 e. The highest BCUT2D eigenvalue weighted by Crippen LogP contribution is 2.09. The normalized spacial score (nSPS) is 11.9. The SMILES string of the molecule is NCCCCC(NC(=O)CCCCCCCCC(=O)O)C(=O)O. The molecule has 0 aliphatic rings. The van der Waals surface area contributed by atoms with Crippen LogP contribution in [0.25, 0.3) is 0 Å². The summed E-state index contributed by atoms with van der Waals surface area (Å²) in [5, 5.41) is 20.1. The Morgan fingerprint density at radius 2 is 1.39 bits per heavy atom. The number of rotatable bonds is 15. The fraction of sp³-hybridized carbons (Fsp3) is 0.812. The summed E-state index contributed by atoms with van der Waals surface area (Å²) in [4.78, 5) is 33.1. The number of carboxylic acid groups (broad SMARTS) is 2. The second kappa shape index (κ2) is 14.0. The van der Waals surface area contributed by atoms with Crippen molar-refractivity contribution in [2.75, 3.05) is 6.54 Å². The van der Waals surface area contributed by atoms with Crippen LogP contribution in [0.5, 0.6) is 0 Å². The molecule has 1 unspecified atom stereocenters. The number of nitrogens with two attached hydrogens (primary N) is 1. The summed E-state index contributed by atoms with van der Waals surface area (Å²) in [6, 6.07) is -0.829. The Morgan fingerprint density at radius 3 is 1.91 bits per heavy atom. The molecule has 1 amide bonds. The van der Waals surface area contributed by atoms with Crippen molar-refractivity contribution in [1.29, 1.82) is 0 Å². The zero-order valence-electron chi connectivity index (χ0n) is 13.8. The van der Waals surface area contributed by atoms with Gasteiger partial charge in [0, 0.05) is 12.8 Å². The topological polar surface area (TPSA) is 130 Å². The average Bonchev–Trinajstić information content (AvgIpc) is 2.48. The minimum absolute atomic E-state index is 0.211. The van der Waals surface area contributed by atoms with E-state index in [-0.39, 0.29) is 12.3 Å². The molecular weight excluding hydrogens is 300 g/mol. The van der Waals surface area contributed by atoms with Crippen LogP contribution in [0.3, 0.4) is 0 Å². The molecule has 0 heterocycles. The molecule has 0 saturated heterocycles. The molecule has 0 aromatic rings. The lowest BCUT2D eigenvalue weighted by molar-refractivity contribution is -0.142. The molecule has 0 bridgehead atoms. The van der Waals surface area contributed by atoms with Crippen LogP contribution < -0.4 is 11.1 Å². The van der Waals surface area contributed by atoms with E-state index < -0.39 is 18.0 Å². The monoisotopic (exact) mass is 330 g/mol. The molecule has 134 valence electrons. The summed E-state index contributed by atoms with van der Waals surface area (Å²) in [5.41, 5.74) is 5.37. The van der Waals surface area contributed by atoms with Gasteiger partial charge >= 0.3 is 11.9 Å². The lowest BCUT2D eigenvalue weighted by Gasteiger charge is -2.14. The van der Waals surface area contributed by atoms with Gasteiger partial charge in [-0.1, -0.05) is 25.7 Å². The van der Waals surface area contributed by atoms with E-state index in [0.717, 1.165) is 38.5 Å². The van der Waals surface area contributed by atoms with Crippen LogP contribution in [0.2, 0.25) is 0 Å². The van der Waals surface area contributed by atoms with E-state index >= 15 is 0 Å². The average molecular weight is 330 g/mol. The van der Waals surface area contributed by atoms with Gasteiger partial charge in [-0.25, -0.2) is 4.79 Å². The van der Waals surface area contributed by atoms with Gasteiger partial charge < -0.3 is 21.3 Å². The highest BCUT2D eigenvalue weighted by molar-refractivity contribution is 5.83. The second-order valence-corrected chi connectivity index (χ2v) is 5.76. The van der Waals surface area contributed by atoms with Gasteiger partial charge in [0.1, 0.15) is 6.04 Å². The molecule has 0 aromatic heterocycles. The largest absolute Gasteiger partial charge is 0.481 e. The van der Waals surface area contributed by atoms with Crippen LogP contribution in [0.15, 0.2) is 0 Å². The van der Waals surface area contributed by atoms with E-state index in [1.807, 2.05) is 0 Å². The number of unbranched alkanes of at least 4 members (excludes halogenated alkanes) is 6. The first-order valence-electron chi connectivity index (χ1n) is 8.41. The van der Waals surface area contributed by atoms with Crippen molar-refractivity contribution in [3.63, 3.8) is 0 Å². The van der Waals surface area contributed by atoms with Gasteiger partial charge in [-0.05, 0) is 38.6 Å². The standard InChI is InChI=1S/C16H30N2O5/c17-12-8-7-9-13(16(22)23)18-14(19)10-5-3-1-2-4-6-11-15(20)21/h13H,1-12,17H2,(H,18,19)(H,20,21)(H,22,23). The summed E-state index contributed by atoms with van der Waals surface area (Å²) in [5.74, 6) is -1.99. The third kappa shape index (κ3) is 13.7. The zero-order chi connectivity index (χ0) is 17.5. The first-order chi connectivity index (χ1) is 11.0. The number of carbonyl (C=O) groups excluding carboxylic acids is 1. The number of carbonyl (C=O) groups is 3. The lowest BCUT2D eigenvalue weighted by Crippen LogP contribution is -2.40. The first kappa shape index (κ1) is 21.4. The molecule has 5 N–H and O–H groups in total. The Kier molecular flexibility index (Phi) is 13.0. The third-order valence-electron chi connectivity index (χ3n) is 3.62. The molecule has 0 rings (SSSR count). The smallest absolute Gasteiger partial charge is 0.326 e. The fourth-order valence-corrected chi connectivity index (χ4v) is 2.29. The molecule has 23 heavy (non-hydrogen) atoms.